The van der Waals surface area contributed by atoms with E-state index in [0.29, 0.717) is 23.5 Å². The third kappa shape index (κ3) is 5.05. The number of aromatic nitrogens is 5. The van der Waals surface area contributed by atoms with Crippen molar-refractivity contribution in [2.45, 2.75) is 0 Å². The van der Waals surface area contributed by atoms with Crippen molar-refractivity contribution in [3.8, 4) is 61.8 Å². The molecule has 0 fully saturated rings. The number of fused-ring (bicyclic) bond motifs is 7. The van der Waals surface area contributed by atoms with Crippen molar-refractivity contribution in [3.63, 3.8) is 0 Å². The summed E-state index contributed by atoms with van der Waals surface area (Å²) in [5, 5.41) is 0. The van der Waals surface area contributed by atoms with Crippen LogP contribution in [0.2, 0.25) is 0 Å². The summed E-state index contributed by atoms with van der Waals surface area (Å²) >= 11 is 0. The zero-order chi connectivity index (χ0) is 34.4. The first kappa shape index (κ1) is 29.7. The highest BCUT2D eigenvalue weighted by Gasteiger charge is 2.31. The van der Waals surface area contributed by atoms with Crippen LogP contribution >= 0.6 is 0 Å². The minimum atomic E-state index is 0.482. The van der Waals surface area contributed by atoms with E-state index in [-0.39, 0.29) is 0 Å². The van der Waals surface area contributed by atoms with Gasteiger partial charge in [-0.05, 0) is 46.5 Å². The van der Waals surface area contributed by atoms with Gasteiger partial charge in [-0.3, -0.25) is 4.57 Å². The smallest absolute Gasteiger partial charge is 0.241 e. The highest BCUT2D eigenvalue weighted by atomic mass is 15.4. The van der Waals surface area contributed by atoms with Crippen LogP contribution in [-0.4, -0.2) is 24.5 Å². The van der Waals surface area contributed by atoms with Crippen LogP contribution in [0, 0.1) is 0 Å². The Morgan fingerprint density at radius 1 is 0.327 bits per heavy atom. The zero-order valence-electron chi connectivity index (χ0n) is 28.0. The summed E-state index contributed by atoms with van der Waals surface area (Å²) < 4.78 is 2.22. The summed E-state index contributed by atoms with van der Waals surface area (Å²) in [6, 6.07) is 62.8. The van der Waals surface area contributed by atoms with Crippen molar-refractivity contribution >= 4 is 28.6 Å². The van der Waals surface area contributed by atoms with Crippen LogP contribution in [0.15, 0.2) is 182 Å². The molecule has 3 heterocycles. The number of anilines is 3. The highest BCUT2D eigenvalue weighted by Crippen LogP contribution is 2.47. The van der Waals surface area contributed by atoms with Gasteiger partial charge < -0.3 is 0 Å². The standard InChI is InChI=1S/C46H30N6/c1-3-13-31(14-4-1)33-23-27-35(28-24-33)43-48-44(36-29-25-34(26-30-36)32-15-5-2-6-16-32)50-45(49-43)52-41-21-11-8-18-38(41)37-17-7-10-20-40(37)51-42-22-12-9-19-39(42)47-46(51)52/h1-30H. The Balaban J connectivity index is 1.20. The van der Waals surface area contributed by atoms with E-state index in [2.05, 4.69) is 173 Å². The van der Waals surface area contributed by atoms with Gasteiger partial charge in [0.1, 0.15) is 0 Å². The molecule has 0 bridgehead atoms. The van der Waals surface area contributed by atoms with E-state index < -0.39 is 0 Å². The molecular formula is C46H30N6. The van der Waals surface area contributed by atoms with Crippen LogP contribution in [0.25, 0.3) is 72.9 Å². The van der Waals surface area contributed by atoms with Crippen molar-refractivity contribution < 1.29 is 0 Å². The Hall–Kier alpha value is -7.18. The van der Waals surface area contributed by atoms with Crippen molar-refractivity contribution in [3.05, 3.63) is 182 Å². The van der Waals surface area contributed by atoms with Crippen molar-refractivity contribution in [1.82, 2.24) is 24.5 Å². The average Bonchev–Trinajstić information content (AvgIpc) is 3.55. The molecule has 0 spiro atoms. The summed E-state index contributed by atoms with van der Waals surface area (Å²) in [5.41, 5.74) is 12.4. The molecule has 6 heteroatoms. The third-order valence-electron chi connectivity index (χ3n) is 9.65. The topological polar surface area (TPSA) is 59.7 Å². The maximum atomic E-state index is 5.25. The SMILES string of the molecule is c1ccc(-c2ccc(-c3nc(-c4ccc(-c5ccccc5)cc4)nc(N4c5ccccc5-c5ccccc5-n5c4nc4ccccc45)n3)cc2)cc1. The lowest BCUT2D eigenvalue weighted by molar-refractivity contribution is 0.974. The summed E-state index contributed by atoms with van der Waals surface area (Å²) in [7, 11) is 0. The number of imidazole rings is 1. The maximum absolute atomic E-state index is 5.25. The third-order valence-corrected chi connectivity index (χ3v) is 9.65. The predicted octanol–water partition coefficient (Wildman–Crippen LogP) is 11.3. The molecule has 0 amide bonds. The molecule has 0 saturated carbocycles. The molecule has 7 aromatic carbocycles. The van der Waals surface area contributed by atoms with Crippen molar-refractivity contribution in [2.75, 3.05) is 4.90 Å². The molecule has 6 nitrogen and oxygen atoms in total. The van der Waals surface area contributed by atoms with Crippen LogP contribution in [0.4, 0.5) is 17.6 Å². The second-order valence-corrected chi connectivity index (χ2v) is 12.8. The molecule has 0 atom stereocenters. The van der Waals surface area contributed by atoms with Crippen LogP contribution < -0.4 is 4.90 Å². The molecular weight excluding hydrogens is 637 g/mol. The van der Waals surface area contributed by atoms with Gasteiger partial charge in [-0.15, -0.1) is 0 Å². The van der Waals surface area contributed by atoms with Gasteiger partial charge in [0, 0.05) is 22.3 Å². The molecule has 1 aliphatic heterocycles. The number of rotatable bonds is 5. The Kier molecular flexibility index (Phi) is 7.03. The van der Waals surface area contributed by atoms with E-state index in [0.717, 1.165) is 66.9 Å². The van der Waals surface area contributed by atoms with E-state index in [1.54, 1.807) is 0 Å². The molecule has 0 aliphatic carbocycles. The minimum absolute atomic E-state index is 0.482. The van der Waals surface area contributed by atoms with E-state index in [1.165, 1.54) is 0 Å². The normalized spacial score (nSPS) is 11.8. The molecule has 244 valence electrons. The monoisotopic (exact) mass is 666 g/mol. The summed E-state index contributed by atoms with van der Waals surface area (Å²) in [6.45, 7) is 0. The maximum Gasteiger partial charge on any atom is 0.241 e. The van der Waals surface area contributed by atoms with Gasteiger partial charge in [0.25, 0.3) is 0 Å². The highest BCUT2D eigenvalue weighted by molar-refractivity contribution is 5.95. The van der Waals surface area contributed by atoms with E-state index in [9.17, 15) is 0 Å². The molecule has 52 heavy (non-hydrogen) atoms. The second kappa shape index (κ2) is 12.3. The number of hydrogen-bond acceptors (Lipinski definition) is 5. The van der Waals surface area contributed by atoms with E-state index in [1.807, 2.05) is 18.2 Å². The summed E-state index contributed by atoms with van der Waals surface area (Å²) in [4.78, 5) is 22.9. The first-order chi connectivity index (χ1) is 25.8. The Morgan fingerprint density at radius 3 is 1.37 bits per heavy atom. The van der Waals surface area contributed by atoms with Gasteiger partial charge in [0.2, 0.25) is 11.9 Å². The Morgan fingerprint density at radius 2 is 0.769 bits per heavy atom. The Bertz CT molecular complexity index is 2620. The zero-order valence-corrected chi connectivity index (χ0v) is 28.0. The molecule has 10 rings (SSSR count). The van der Waals surface area contributed by atoms with Crippen molar-refractivity contribution in [2.24, 2.45) is 0 Å². The van der Waals surface area contributed by atoms with Gasteiger partial charge in [0.15, 0.2) is 11.6 Å². The number of para-hydroxylation sites is 4. The average molecular weight is 667 g/mol. The van der Waals surface area contributed by atoms with E-state index >= 15 is 0 Å². The second-order valence-electron chi connectivity index (χ2n) is 12.8. The fraction of sp³-hybridized carbons (Fsp3) is 0. The van der Waals surface area contributed by atoms with Gasteiger partial charge in [-0.1, -0.05) is 158 Å². The molecule has 0 saturated heterocycles. The largest absolute Gasteiger partial charge is 0.277 e. The molecule has 2 aromatic heterocycles. The molecule has 0 radical (unpaired) electrons. The first-order valence-corrected chi connectivity index (χ1v) is 17.3. The molecule has 9 aromatic rings. The van der Waals surface area contributed by atoms with Crippen LogP contribution in [0.5, 0.6) is 0 Å². The fourth-order valence-corrected chi connectivity index (χ4v) is 7.11. The van der Waals surface area contributed by atoms with Gasteiger partial charge in [0.05, 0.1) is 22.4 Å². The molecule has 0 N–H and O–H groups in total. The number of benzene rings is 7. The predicted molar refractivity (Wildman–Crippen MR) is 210 cm³/mol. The van der Waals surface area contributed by atoms with E-state index in [4.69, 9.17) is 19.9 Å². The van der Waals surface area contributed by atoms with Crippen molar-refractivity contribution in [1.29, 1.82) is 0 Å². The minimum Gasteiger partial charge on any atom is -0.277 e. The fourth-order valence-electron chi connectivity index (χ4n) is 7.11. The Labute approximate surface area is 301 Å². The number of nitrogens with zero attached hydrogens (tertiary/aromatic N) is 6. The van der Waals surface area contributed by atoms with Gasteiger partial charge >= 0.3 is 0 Å². The first-order valence-electron chi connectivity index (χ1n) is 17.3. The summed E-state index contributed by atoms with van der Waals surface area (Å²) in [5.74, 6) is 2.35. The van der Waals surface area contributed by atoms with Gasteiger partial charge in [-0.25, -0.2) is 14.9 Å². The molecule has 0 unspecified atom stereocenters. The molecule has 1 aliphatic rings. The van der Waals surface area contributed by atoms with Crippen LogP contribution in [0.3, 0.4) is 0 Å². The van der Waals surface area contributed by atoms with Crippen LogP contribution in [0.1, 0.15) is 0 Å². The van der Waals surface area contributed by atoms with Gasteiger partial charge in [-0.2, -0.15) is 9.97 Å². The lowest BCUT2D eigenvalue weighted by Crippen LogP contribution is -2.18. The summed E-state index contributed by atoms with van der Waals surface area (Å²) in [6.07, 6.45) is 0. The van der Waals surface area contributed by atoms with Crippen LogP contribution in [-0.2, 0) is 0 Å². The number of hydrogen-bond donors (Lipinski definition) is 0. The quantitative estimate of drug-likeness (QED) is 0.183. The lowest BCUT2D eigenvalue weighted by Gasteiger charge is -2.23. The lowest BCUT2D eigenvalue weighted by atomic mass is 10.0.